The second kappa shape index (κ2) is 10.8. The Labute approximate surface area is 199 Å². The molecule has 3 aromatic rings. The average Bonchev–Trinajstić information content (AvgIpc) is 3.27. The summed E-state index contributed by atoms with van der Waals surface area (Å²) in [6.07, 6.45) is 2.70. The summed E-state index contributed by atoms with van der Waals surface area (Å²) in [7, 11) is 1.98. The van der Waals surface area contributed by atoms with Crippen LogP contribution in [0.1, 0.15) is 44.0 Å². The van der Waals surface area contributed by atoms with E-state index < -0.39 is 0 Å². The van der Waals surface area contributed by atoms with Gasteiger partial charge < -0.3 is 19.3 Å². The third-order valence-corrected chi connectivity index (χ3v) is 5.92. The maximum absolute atomic E-state index is 9.92. The lowest BCUT2D eigenvalue weighted by Gasteiger charge is -2.50. The lowest BCUT2D eigenvalue weighted by atomic mass is 9.59. The first-order chi connectivity index (χ1) is 15.7. The molecule has 0 saturated heterocycles. The molecule has 33 heavy (non-hydrogen) atoms. The molecule has 1 heterocycles. The summed E-state index contributed by atoms with van der Waals surface area (Å²) in [6.45, 7) is 6.77. The molecule has 1 aliphatic carbocycles. The molecule has 176 valence electrons. The highest BCUT2D eigenvalue weighted by atomic mass is 35.5. The summed E-state index contributed by atoms with van der Waals surface area (Å²) in [5, 5.41) is 8.03. The fraction of sp³-hybridized carbons (Fsp3) is 0.400. The molecular formula is C25H30ClN3O4. The van der Waals surface area contributed by atoms with Gasteiger partial charge in [0.1, 0.15) is 18.1 Å². The fourth-order valence-electron chi connectivity index (χ4n) is 4.00. The number of nitrogens with one attached hydrogen (secondary N) is 1. The molecule has 0 radical (unpaired) electrons. The Hall–Kier alpha value is -2.90. The molecule has 0 amide bonds. The van der Waals surface area contributed by atoms with Crippen LogP contribution in [0.25, 0.3) is 0 Å². The molecule has 1 N–H and O–H groups in total. The van der Waals surface area contributed by atoms with Crippen LogP contribution in [0.15, 0.2) is 53.1 Å². The van der Waals surface area contributed by atoms with Gasteiger partial charge in [-0.05, 0) is 70.1 Å². The van der Waals surface area contributed by atoms with Crippen LogP contribution in [0.5, 0.6) is 11.5 Å². The second-order valence-corrected chi connectivity index (χ2v) is 9.21. The smallest absolute Gasteiger partial charge is 0.232 e. The van der Waals surface area contributed by atoms with Gasteiger partial charge in [0.25, 0.3) is 0 Å². The zero-order chi connectivity index (χ0) is 23.9. The molecule has 0 bridgehead atoms. The highest BCUT2D eigenvalue weighted by Gasteiger charge is 2.52. The van der Waals surface area contributed by atoms with E-state index in [9.17, 15) is 4.79 Å². The monoisotopic (exact) mass is 471 g/mol. The van der Waals surface area contributed by atoms with Gasteiger partial charge in [0.2, 0.25) is 11.7 Å². The molecule has 0 spiro atoms. The van der Waals surface area contributed by atoms with E-state index in [0.717, 1.165) is 30.6 Å². The van der Waals surface area contributed by atoms with E-state index in [1.165, 1.54) is 5.56 Å². The maximum atomic E-state index is 9.92. The maximum Gasteiger partial charge on any atom is 0.232 e. The Balaban J connectivity index is 0.000000235. The third-order valence-electron chi connectivity index (χ3n) is 5.67. The number of ether oxygens (including phenoxy) is 2. The third kappa shape index (κ3) is 6.79. The standard InChI is InChI=1S/C16H20ClN3O2.C9H10O2/c1-15(9-16(2,10-15)18-3)14-19-13(20-22-14)8-21-12-6-4-11(17)5-7-12;1-8-2-4-9(5-3-8)11-7-6-10/h4-7,18H,8-10H2,1-3H3;2-6H,7H2,1H3. The molecular weight excluding hydrogens is 442 g/mol. The van der Waals surface area contributed by atoms with Crippen molar-refractivity contribution in [1.82, 2.24) is 15.5 Å². The molecule has 1 fully saturated rings. The minimum absolute atomic E-state index is 0.0523. The average molecular weight is 472 g/mol. The van der Waals surface area contributed by atoms with E-state index in [1.54, 1.807) is 12.1 Å². The first kappa shape index (κ1) is 24.7. The molecule has 1 aliphatic rings. The highest BCUT2D eigenvalue weighted by Crippen LogP contribution is 2.49. The van der Waals surface area contributed by atoms with Gasteiger partial charge >= 0.3 is 0 Å². The summed E-state index contributed by atoms with van der Waals surface area (Å²) in [5.41, 5.74) is 1.29. The van der Waals surface area contributed by atoms with Crippen LogP contribution in [0.3, 0.4) is 0 Å². The Bertz CT molecular complexity index is 1030. The van der Waals surface area contributed by atoms with Crippen molar-refractivity contribution >= 4 is 17.9 Å². The van der Waals surface area contributed by atoms with E-state index in [1.807, 2.05) is 50.4 Å². The zero-order valence-electron chi connectivity index (χ0n) is 19.4. The molecule has 4 rings (SSSR count). The summed E-state index contributed by atoms with van der Waals surface area (Å²) in [4.78, 5) is 14.4. The predicted molar refractivity (Wildman–Crippen MR) is 127 cm³/mol. The van der Waals surface area contributed by atoms with Crippen LogP contribution in [0.4, 0.5) is 0 Å². The summed E-state index contributed by atoms with van der Waals surface area (Å²) in [5.74, 6) is 2.72. The van der Waals surface area contributed by atoms with Crippen molar-refractivity contribution in [3.8, 4) is 11.5 Å². The van der Waals surface area contributed by atoms with Crippen molar-refractivity contribution in [2.45, 2.75) is 51.2 Å². The largest absolute Gasteiger partial charge is 0.486 e. The van der Waals surface area contributed by atoms with Crippen LogP contribution in [-0.2, 0) is 16.8 Å². The highest BCUT2D eigenvalue weighted by molar-refractivity contribution is 6.30. The van der Waals surface area contributed by atoms with E-state index in [-0.39, 0.29) is 24.2 Å². The van der Waals surface area contributed by atoms with Crippen molar-refractivity contribution in [3.05, 3.63) is 70.8 Å². The van der Waals surface area contributed by atoms with Gasteiger partial charge in [-0.2, -0.15) is 4.98 Å². The van der Waals surface area contributed by atoms with Crippen LogP contribution in [0.2, 0.25) is 5.02 Å². The van der Waals surface area contributed by atoms with Gasteiger partial charge in [-0.1, -0.05) is 41.4 Å². The molecule has 7 nitrogen and oxygen atoms in total. The topological polar surface area (TPSA) is 86.5 Å². The van der Waals surface area contributed by atoms with Crippen LogP contribution >= 0.6 is 11.6 Å². The van der Waals surface area contributed by atoms with Gasteiger partial charge in [-0.25, -0.2) is 0 Å². The van der Waals surface area contributed by atoms with E-state index in [2.05, 4.69) is 29.3 Å². The minimum Gasteiger partial charge on any atom is -0.486 e. The number of aryl methyl sites for hydroxylation is 1. The molecule has 2 aromatic carbocycles. The number of nitrogens with zero attached hydrogens (tertiary/aromatic N) is 2. The quantitative estimate of drug-likeness (QED) is 0.467. The van der Waals surface area contributed by atoms with E-state index in [4.69, 9.17) is 25.6 Å². The number of halogens is 1. The normalized spacial score (nSPS) is 21.4. The van der Waals surface area contributed by atoms with Crippen molar-refractivity contribution < 1.29 is 18.8 Å². The van der Waals surface area contributed by atoms with E-state index in [0.29, 0.717) is 16.7 Å². The van der Waals surface area contributed by atoms with Crippen LogP contribution < -0.4 is 14.8 Å². The van der Waals surface area contributed by atoms with Crippen molar-refractivity contribution in [2.24, 2.45) is 0 Å². The number of aromatic nitrogens is 2. The van der Waals surface area contributed by atoms with Gasteiger partial charge in [0.15, 0.2) is 12.9 Å². The number of rotatable bonds is 8. The van der Waals surface area contributed by atoms with E-state index >= 15 is 0 Å². The minimum atomic E-state index is -0.0523. The van der Waals surface area contributed by atoms with Crippen molar-refractivity contribution in [3.63, 3.8) is 0 Å². The Morgan fingerprint density at radius 1 is 1.06 bits per heavy atom. The molecule has 0 unspecified atom stereocenters. The van der Waals surface area contributed by atoms with Gasteiger partial charge in [0.05, 0.1) is 5.41 Å². The number of carbonyl (C=O) groups excluding carboxylic acids is 1. The number of hydrogen-bond acceptors (Lipinski definition) is 7. The number of carbonyl (C=O) groups is 1. The molecule has 8 heteroatoms. The number of hydrogen-bond donors (Lipinski definition) is 1. The van der Waals surface area contributed by atoms with Gasteiger partial charge in [0, 0.05) is 10.6 Å². The van der Waals surface area contributed by atoms with Crippen LogP contribution in [0, 0.1) is 6.92 Å². The van der Waals surface area contributed by atoms with Crippen LogP contribution in [-0.4, -0.2) is 35.6 Å². The van der Waals surface area contributed by atoms with Crippen molar-refractivity contribution in [1.29, 1.82) is 0 Å². The first-order valence-corrected chi connectivity index (χ1v) is 11.2. The van der Waals surface area contributed by atoms with Gasteiger partial charge in [-0.15, -0.1) is 0 Å². The summed E-state index contributed by atoms with van der Waals surface area (Å²) in [6, 6.07) is 14.8. The lowest BCUT2D eigenvalue weighted by molar-refractivity contribution is -0.109. The van der Waals surface area contributed by atoms with Gasteiger partial charge in [-0.3, -0.25) is 4.79 Å². The van der Waals surface area contributed by atoms with Crippen molar-refractivity contribution in [2.75, 3.05) is 13.7 Å². The molecule has 1 saturated carbocycles. The molecule has 0 atom stereocenters. The summed E-state index contributed by atoms with van der Waals surface area (Å²) < 4.78 is 16.1. The molecule has 0 aliphatic heterocycles. The Morgan fingerprint density at radius 3 is 2.27 bits per heavy atom. The zero-order valence-corrected chi connectivity index (χ0v) is 20.2. The molecule has 1 aromatic heterocycles. The number of benzene rings is 2. The number of aldehydes is 1. The lowest BCUT2D eigenvalue weighted by Crippen LogP contribution is -2.58. The predicted octanol–water partition coefficient (Wildman–Crippen LogP) is 4.90. The second-order valence-electron chi connectivity index (χ2n) is 8.77. The first-order valence-electron chi connectivity index (χ1n) is 10.8. The summed E-state index contributed by atoms with van der Waals surface area (Å²) >= 11 is 5.84. The SMILES string of the molecule is CNC1(C)CC(C)(c2nc(COc3ccc(Cl)cc3)no2)C1.Cc1ccc(OCC=O)cc1. The Morgan fingerprint density at radius 2 is 1.67 bits per heavy atom. The Kier molecular flexibility index (Phi) is 8.10. The fourth-order valence-corrected chi connectivity index (χ4v) is 4.13.